The van der Waals surface area contributed by atoms with Gasteiger partial charge in [0.25, 0.3) is 0 Å². The zero-order valence-electron chi connectivity index (χ0n) is 13.7. The summed E-state index contributed by atoms with van der Waals surface area (Å²) in [7, 11) is -1.15. The molecular weight excluding hydrogens is 312 g/mol. The summed E-state index contributed by atoms with van der Waals surface area (Å²) in [6.45, 7) is 3.02. The predicted molar refractivity (Wildman–Crippen MR) is 91.6 cm³/mol. The first kappa shape index (κ1) is 16.7. The third-order valence-corrected chi connectivity index (χ3v) is 6.68. The van der Waals surface area contributed by atoms with E-state index >= 15 is 0 Å². The number of hydrogen-bond donors (Lipinski definition) is 1. The zero-order valence-corrected chi connectivity index (χ0v) is 14.5. The van der Waals surface area contributed by atoms with Crippen LogP contribution in [0.15, 0.2) is 24.3 Å². The SMILES string of the molecule is COc1ccc([C@H](CN[C@@H]2CCS(=O)(=O)C2)N2CCCC2)cc1. The average molecular weight is 338 g/mol. The number of hydrogen-bond acceptors (Lipinski definition) is 5. The van der Waals surface area contributed by atoms with Gasteiger partial charge in [0.1, 0.15) is 5.75 Å². The highest BCUT2D eigenvalue weighted by Crippen LogP contribution is 2.26. The molecule has 2 saturated heterocycles. The summed E-state index contributed by atoms with van der Waals surface area (Å²) >= 11 is 0. The van der Waals surface area contributed by atoms with E-state index in [1.54, 1.807) is 7.11 Å². The van der Waals surface area contributed by atoms with Gasteiger partial charge >= 0.3 is 0 Å². The van der Waals surface area contributed by atoms with Crippen molar-refractivity contribution in [2.75, 3.05) is 38.2 Å². The highest BCUT2D eigenvalue weighted by atomic mass is 32.2. The molecule has 23 heavy (non-hydrogen) atoms. The van der Waals surface area contributed by atoms with Gasteiger partial charge in [-0.05, 0) is 50.0 Å². The minimum atomic E-state index is -2.83. The number of rotatable bonds is 6. The Kier molecular flexibility index (Phi) is 5.24. The molecule has 0 radical (unpaired) electrons. The molecule has 0 bridgehead atoms. The largest absolute Gasteiger partial charge is 0.497 e. The normalized spacial score (nSPS) is 25.5. The topological polar surface area (TPSA) is 58.6 Å². The second-order valence-corrected chi connectivity index (χ2v) is 8.77. The molecule has 0 aliphatic carbocycles. The molecule has 2 aliphatic rings. The van der Waals surface area contributed by atoms with Gasteiger partial charge in [-0.25, -0.2) is 8.42 Å². The van der Waals surface area contributed by atoms with E-state index in [1.807, 2.05) is 12.1 Å². The molecule has 2 atom stereocenters. The van der Waals surface area contributed by atoms with Crippen molar-refractivity contribution >= 4 is 9.84 Å². The van der Waals surface area contributed by atoms with Gasteiger partial charge in [0.05, 0.1) is 18.6 Å². The third kappa shape index (κ3) is 4.25. The van der Waals surface area contributed by atoms with Crippen LogP contribution in [0.5, 0.6) is 5.75 Å². The minimum Gasteiger partial charge on any atom is -0.497 e. The first-order valence-corrected chi connectivity index (χ1v) is 10.2. The molecule has 2 heterocycles. The van der Waals surface area contributed by atoms with Crippen LogP contribution in [0.4, 0.5) is 0 Å². The van der Waals surface area contributed by atoms with Crippen LogP contribution in [0.1, 0.15) is 30.9 Å². The maximum atomic E-state index is 11.6. The van der Waals surface area contributed by atoms with Crippen LogP contribution in [-0.2, 0) is 9.84 Å². The maximum absolute atomic E-state index is 11.6. The molecule has 1 aromatic rings. The highest BCUT2D eigenvalue weighted by molar-refractivity contribution is 7.91. The molecule has 0 amide bonds. The Morgan fingerprint density at radius 1 is 1.26 bits per heavy atom. The van der Waals surface area contributed by atoms with Gasteiger partial charge in [-0.15, -0.1) is 0 Å². The van der Waals surface area contributed by atoms with Crippen molar-refractivity contribution in [3.05, 3.63) is 29.8 Å². The molecule has 0 spiro atoms. The summed E-state index contributed by atoms with van der Waals surface area (Å²) in [5, 5.41) is 3.49. The molecule has 2 aliphatic heterocycles. The fourth-order valence-electron chi connectivity index (χ4n) is 3.57. The van der Waals surface area contributed by atoms with Crippen molar-refractivity contribution in [1.82, 2.24) is 10.2 Å². The van der Waals surface area contributed by atoms with Crippen LogP contribution in [0, 0.1) is 0 Å². The van der Waals surface area contributed by atoms with Crippen LogP contribution in [-0.4, -0.2) is 57.6 Å². The number of likely N-dealkylation sites (tertiary alicyclic amines) is 1. The predicted octanol–water partition coefficient (Wildman–Crippen LogP) is 1.61. The van der Waals surface area contributed by atoms with E-state index in [9.17, 15) is 8.42 Å². The van der Waals surface area contributed by atoms with Gasteiger partial charge < -0.3 is 10.1 Å². The van der Waals surface area contributed by atoms with Gasteiger partial charge in [0.2, 0.25) is 0 Å². The summed E-state index contributed by atoms with van der Waals surface area (Å²) in [6, 6.07) is 8.63. The van der Waals surface area contributed by atoms with E-state index in [0.29, 0.717) is 11.8 Å². The van der Waals surface area contributed by atoms with Gasteiger partial charge in [-0.3, -0.25) is 4.90 Å². The molecular formula is C17H26N2O3S. The first-order valence-electron chi connectivity index (χ1n) is 8.39. The van der Waals surface area contributed by atoms with E-state index in [0.717, 1.165) is 31.8 Å². The van der Waals surface area contributed by atoms with Crippen LogP contribution < -0.4 is 10.1 Å². The summed E-state index contributed by atoms with van der Waals surface area (Å²) in [6.07, 6.45) is 3.21. The Morgan fingerprint density at radius 3 is 2.52 bits per heavy atom. The van der Waals surface area contributed by atoms with Crippen molar-refractivity contribution in [3.63, 3.8) is 0 Å². The fourth-order valence-corrected chi connectivity index (χ4v) is 5.28. The standard InChI is InChI=1S/C17H26N2O3S/c1-22-16-6-4-14(5-7-16)17(19-9-2-3-10-19)12-18-15-8-11-23(20,21)13-15/h4-7,15,17-18H,2-3,8-13H2,1H3/t15-,17+/m1/s1. The number of sulfone groups is 1. The molecule has 1 N–H and O–H groups in total. The van der Waals surface area contributed by atoms with Crippen LogP contribution in [0.3, 0.4) is 0 Å². The van der Waals surface area contributed by atoms with E-state index in [-0.39, 0.29) is 11.8 Å². The number of nitrogens with one attached hydrogen (secondary N) is 1. The Balaban J connectivity index is 1.68. The Labute approximate surface area is 138 Å². The molecule has 0 saturated carbocycles. The molecule has 1 aromatic carbocycles. The Hall–Kier alpha value is -1.11. The van der Waals surface area contributed by atoms with Crippen molar-refractivity contribution in [3.8, 4) is 5.75 Å². The molecule has 0 unspecified atom stereocenters. The summed E-state index contributed by atoms with van der Waals surface area (Å²) < 4.78 is 28.5. The van der Waals surface area contributed by atoms with Gasteiger partial charge in [-0.1, -0.05) is 12.1 Å². The Morgan fingerprint density at radius 2 is 1.96 bits per heavy atom. The van der Waals surface area contributed by atoms with Crippen molar-refractivity contribution < 1.29 is 13.2 Å². The van der Waals surface area contributed by atoms with Crippen LogP contribution in [0.2, 0.25) is 0 Å². The lowest BCUT2D eigenvalue weighted by atomic mass is 10.0. The van der Waals surface area contributed by atoms with Gasteiger partial charge in [-0.2, -0.15) is 0 Å². The molecule has 3 rings (SSSR count). The third-order valence-electron chi connectivity index (χ3n) is 4.91. The summed E-state index contributed by atoms with van der Waals surface area (Å²) in [5.41, 5.74) is 1.26. The van der Waals surface area contributed by atoms with Gasteiger partial charge in [0, 0.05) is 18.6 Å². The average Bonchev–Trinajstić information content (AvgIpc) is 3.18. The summed E-state index contributed by atoms with van der Waals surface area (Å²) in [5.74, 6) is 1.47. The first-order chi connectivity index (χ1) is 11.1. The van der Waals surface area contributed by atoms with E-state index in [4.69, 9.17) is 4.74 Å². The lowest BCUT2D eigenvalue weighted by Crippen LogP contribution is -2.39. The summed E-state index contributed by atoms with van der Waals surface area (Å²) in [4.78, 5) is 2.50. The van der Waals surface area contributed by atoms with Crippen molar-refractivity contribution in [1.29, 1.82) is 0 Å². The monoisotopic (exact) mass is 338 g/mol. The lowest BCUT2D eigenvalue weighted by molar-refractivity contribution is 0.234. The Bertz CT molecular complexity index is 609. The van der Waals surface area contributed by atoms with Crippen LogP contribution >= 0.6 is 0 Å². The quantitative estimate of drug-likeness (QED) is 0.854. The minimum absolute atomic E-state index is 0.100. The fraction of sp³-hybridized carbons (Fsp3) is 0.647. The molecule has 5 nitrogen and oxygen atoms in total. The second-order valence-electron chi connectivity index (χ2n) is 6.54. The molecule has 0 aromatic heterocycles. The molecule has 128 valence electrons. The highest BCUT2D eigenvalue weighted by Gasteiger charge is 2.29. The van der Waals surface area contributed by atoms with Crippen molar-refractivity contribution in [2.45, 2.75) is 31.3 Å². The van der Waals surface area contributed by atoms with Crippen LogP contribution in [0.25, 0.3) is 0 Å². The smallest absolute Gasteiger partial charge is 0.151 e. The maximum Gasteiger partial charge on any atom is 0.151 e. The van der Waals surface area contributed by atoms with E-state index in [2.05, 4.69) is 22.3 Å². The molecule has 6 heteroatoms. The van der Waals surface area contributed by atoms with E-state index in [1.165, 1.54) is 18.4 Å². The zero-order chi connectivity index (χ0) is 16.3. The van der Waals surface area contributed by atoms with E-state index < -0.39 is 9.84 Å². The number of ether oxygens (including phenoxy) is 1. The second kappa shape index (κ2) is 7.20. The molecule has 2 fully saturated rings. The lowest BCUT2D eigenvalue weighted by Gasteiger charge is -2.29. The van der Waals surface area contributed by atoms with Gasteiger partial charge in [0.15, 0.2) is 9.84 Å². The number of benzene rings is 1. The number of nitrogens with zero attached hydrogens (tertiary/aromatic N) is 1. The number of methoxy groups -OCH3 is 1. The van der Waals surface area contributed by atoms with Crippen molar-refractivity contribution in [2.24, 2.45) is 0 Å².